The van der Waals surface area contributed by atoms with Gasteiger partial charge in [0.15, 0.2) is 0 Å². The highest BCUT2D eigenvalue weighted by Gasteiger charge is 2.26. The lowest BCUT2D eigenvalue weighted by atomic mass is 10.2. The van der Waals surface area contributed by atoms with Crippen molar-refractivity contribution in [3.05, 3.63) is 11.6 Å². The molecule has 0 radical (unpaired) electrons. The van der Waals surface area contributed by atoms with Gasteiger partial charge in [-0.25, -0.2) is 4.79 Å². The minimum atomic E-state index is -2.07. The maximum absolute atomic E-state index is 12.2. The number of carboxylic acid groups (broad SMARTS) is 1. The summed E-state index contributed by atoms with van der Waals surface area (Å²) in [6, 6.07) is 0. The van der Waals surface area contributed by atoms with Crippen LogP contribution in [0, 0.1) is 11.8 Å². The Balaban J connectivity index is 2.67. The van der Waals surface area contributed by atoms with Gasteiger partial charge in [0, 0.05) is 18.3 Å². The monoisotopic (exact) mass is 274 g/mol. The van der Waals surface area contributed by atoms with Gasteiger partial charge in [0.2, 0.25) is 0 Å². The zero-order chi connectivity index (χ0) is 13.7. The van der Waals surface area contributed by atoms with Crippen molar-refractivity contribution in [2.24, 2.45) is 11.8 Å². The molecule has 1 aliphatic rings. The first-order chi connectivity index (χ1) is 8.45. The van der Waals surface area contributed by atoms with E-state index in [1.54, 1.807) is 6.08 Å². The standard InChI is InChI=1S/C13H23O4P/c1-4-17-13(9(2)3)18(16)8-11(12(14)15)7-10-5-6-10/h7,9-10,13,18H,4-6,8H2,1-3H3,(H,14,15)/b11-7+. The summed E-state index contributed by atoms with van der Waals surface area (Å²) >= 11 is 0. The number of aliphatic carboxylic acids is 1. The molecule has 0 aromatic heterocycles. The van der Waals surface area contributed by atoms with Crippen molar-refractivity contribution in [1.29, 1.82) is 0 Å². The van der Waals surface area contributed by atoms with Crippen LogP contribution in [0.25, 0.3) is 0 Å². The third kappa shape index (κ3) is 4.95. The number of rotatable bonds is 8. The van der Waals surface area contributed by atoms with Crippen LogP contribution in [0.5, 0.6) is 0 Å². The van der Waals surface area contributed by atoms with Gasteiger partial charge in [-0.15, -0.1) is 0 Å². The van der Waals surface area contributed by atoms with Gasteiger partial charge in [-0.2, -0.15) is 0 Å². The predicted octanol–water partition coefficient (Wildman–Crippen LogP) is 2.99. The minimum Gasteiger partial charge on any atom is -0.478 e. The van der Waals surface area contributed by atoms with Gasteiger partial charge in [-0.1, -0.05) is 19.9 Å². The normalized spacial score (nSPS) is 19.9. The molecule has 1 aliphatic carbocycles. The first kappa shape index (κ1) is 15.5. The Kier molecular flexibility index (Phi) is 6.10. The summed E-state index contributed by atoms with van der Waals surface area (Å²) in [5, 5.41) is 9.12. The van der Waals surface area contributed by atoms with Gasteiger partial charge in [-0.3, -0.25) is 0 Å². The molecule has 0 spiro atoms. The van der Waals surface area contributed by atoms with Crippen molar-refractivity contribution < 1.29 is 19.2 Å². The van der Waals surface area contributed by atoms with Gasteiger partial charge in [0.25, 0.3) is 0 Å². The molecule has 1 saturated carbocycles. The van der Waals surface area contributed by atoms with E-state index in [4.69, 9.17) is 9.84 Å². The molecule has 0 aromatic rings. The van der Waals surface area contributed by atoms with Crippen molar-refractivity contribution in [2.75, 3.05) is 12.8 Å². The molecule has 1 fully saturated rings. The molecule has 1 rings (SSSR count). The van der Waals surface area contributed by atoms with Gasteiger partial charge < -0.3 is 14.4 Å². The fourth-order valence-electron chi connectivity index (χ4n) is 1.88. The summed E-state index contributed by atoms with van der Waals surface area (Å²) in [6.07, 6.45) is 4.03. The first-order valence-electron chi connectivity index (χ1n) is 6.54. The molecule has 0 aromatic carbocycles. The Morgan fingerprint density at radius 2 is 2.11 bits per heavy atom. The van der Waals surface area contributed by atoms with Crippen LogP contribution in [0.4, 0.5) is 0 Å². The zero-order valence-electron chi connectivity index (χ0n) is 11.3. The molecule has 18 heavy (non-hydrogen) atoms. The molecule has 4 nitrogen and oxygen atoms in total. The molecule has 2 unspecified atom stereocenters. The molecule has 2 atom stereocenters. The van der Waals surface area contributed by atoms with Crippen molar-refractivity contribution in [1.82, 2.24) is 0 Å². The molecular formula is C13H23O4P. The number of carboxylic acids is 1. The van der Waals surface area contributed by atoms with Gasteiger partial charge in [-0.05, 0) is 31.6 Å². The lowest BCUT2D eigenvalue weighted by molar-refractivity contribution is -0.132. The highest BCUT2D eigenvalue weighted by Crippen LogP contribution is 2.38. The SMILES string of the molecule is CCOC(C(C)C)[PH](=O)C/C(=C\C1CC1)C(=O)O. The fourth-order valence-corrected chi connectivity index (χ4v) is 3.82. The van der Waals surface area contributed by atoms with E-state index in [9.17, 15) is 9.36 Å². The average Bonchev–Trinajstić information content (AvgIpc) is 3.07. The Labute approximate surface area is 109 Å². The van der Waals surface area contributed by atoms with Gasteiger partial charge in [0.05, 0.1) is 0 Å². The summed E-state index contributed by atoms with van der Waals surface area (Å²) < 4.78 is 17.7. The van der Waals surface area contributed by atoms with Crippen LogP contribution in [0.15, 0.2) is 11.6 Å². The van der Waals surface area contributed by atoms with Crippen LogP contribution in [0.1, 0.15) is 33.6 Å². The van der Waals surface area contributed by atoms with Crippen molar-refractivity contribution >= 4 is 13.8 Å². The van der Waals surface area contributed by atoms with E-state index in [0.717, 1.165) is 12.8 Å². The average molecular weight is 274 g/mol. The van der Waals surface area contributed by atoms with Crippen LogP contribution in [0.2, 0.25) is 0 Å². The molecule has 0 saturated heterocycles. The molecular weight excluding hydrogens is 251 g/mol. The van der Waals surface area contributed by atoms with Crippen LogP contribution >= 0.6 is 7.80 Å². The Morgan fingerprint density at radius 1 is 1.50 bits per heavy atom. The van der Waals surface area contributed by atoms with E-state index in [0.29, 0.717) is 18.1 Å². The molecule has 104 valence electrons. The molecule has 0 bridgehead atoms. The van der Waals surface area contributed by atoms with E-state index in [-0.39, 0.29) is 17.9 Å². The summed E-state index contributed by atoms with van der Waals surface area (Å²) in [5.41, 5.74) is 0.298. The quantitative estimate of drug-likeness (QED) is 0.546. The van der Waals surface area contributed by atoms with Gasteiger partial charge in [0.1, 0.15) is 13.6 Å². The van der Waals surface area contributed by atoms with E-state index in [1.165, 1.54) is 0 Å². The first-order valence-corrected chi connectivity index (χ1v) is 8.23. The third-order valence-electron chi connectivity index (χ3n) is 2.97. The number of carbonyl (C=O) groups is 1. The number of ether oxygens (including phenoxy) is 1. The van der Waals surface area contributed by atoms with Gasteiger partial charge >= 0.3 is 5.97 Å². The fraction of sp³-hybridized carbons (Fsp3) is 0.769. The van der Waals surface area contributed by atoms with Crippen LogP contribution < -0.4 is 0 Å². The summed E-state index contributed by atoms with van der Waals surface area (Å²) in [5.74, 6) is -0.732. The topological polar surface area (TPSA) is 63.6 Å². The second-order valence-corrected chi connectivity index (χ2v) is 6.95. The molecule has 0 aliphatic heterocycles. The molecule has 5 heteroatoms. The maximum atomic E-state index is 12.2. The maximum Gasteiger partial charge on any atom is 0.331 e. The Hall–Kier alpha value is -0.600. The lowest BCUT2D eigenvalue weighted by Gasteiger charge is -2.20. The largest absolute Gasteiger partial charge is 0.478 e. The lowest BCUT2D eigenvalue weighted by Crippen LogP contribution is -2.18. The minimum absolute atomic E-state index is 0.146. The van der Waals surface area contributed by atoms with E-state index >= 15 is 0 Å². The Morgan fingerprint density at radius 3 is 2.50 bits per heavy atom. The second-order valence-electron chi connectivity index (χ2n) is 5.10. The van der Waals surface area contributed by atoms with Crippen LogP contribution in [-0.4, -0.2) is 29.7 Å². The summed E-state index contributed by atoms with van der Waals surface area (Å²) in [7, 11) is -2.07. The number of hydrogen-bond acceptors (Lipinski definition) is 3. The number of hydrogen-bond donors (Lipinski definition) is 1. The van der Waals surface area contributed by atoms with Crippen LogP contribution in [0.3, 0.4) is 0 Å². The van der Waals surface area contributed by atoms with Crippen molar-refractivity contribution in [3.63, 3.8) is 0 Å². The molecule has 0 amide bonds. The molecule has 0 heterocycles. The second kappa shape index (κ2) is 7.10. The number of allylic oxidation sites excluding steroid dienone is 1. The predicted molar refractivity (Wildman–Crippen MR) is 72.6 cm³/mol. The van der Waals surface area contributed by atoms with Crippen molar-refractivity contribution in [3.8, 4) is 0 Å². The smallest absolute Gasteiger partial charge is 0.331 e. The highest BCUT2D eigenvalue weighted by atomic mass is 31.1. The van der Waals surface area contributed by atoms with Crippen molar-refractivity contribution in [2.45, 2.75) is 39.5 Å². The highest BCUT2D eigenvalue weighted by molar-refractivity contribution is 7.45. The summed E-state index contributed by atoms with van der Waals surface area (Å²) in [4.78, 5) is 11.1. The van der Waals surface area contributed by atoms with E-state index in [2.05, 4.69) is 0 Å². The van der Waals surface area contributed by atoms with Crippen LogP contribution in [-0.2, 0) is 14.1 Å². The third-order valence-corrected chi connectivity index (χ3v) is 5.16. The Bertz CT molecular complexity index is 345. The van der Waals surface area contributed by atoms with E-state index in [1.807, 2.05) is 20.8 Å². The van der Waals surface area contributed by atoms with E-state index < -0.39 is 13.8 Å². The summed E-state index contributed by atoms with van der Waals surface area (Å²) in [6.45, 7) is 6.28. The zero-order valence-corrected chi connectivity index (χ0v) is 12.3. The molecule has 1 N–H and O–H groups in total.